The number of carbonyl (C=O) groups is 1. The molecular formula is C36H32ClF5N2O5. The van der Waals surface area contributed by atoms with Crippen LogP contribution in [-0.4, -0.2) is 46.8 Å². The Kier molecular flexibility index (Phi) is 10.4. The molecule has 0 bridgehead atoms. The summed E-state index contributed by atoms with van der Waals surface area (Å²) in [6, 6.07) is 20.4. The predicted octanol–water partition coefficient (Wildman–Crippen LogP) is 7.31. The van der Waals surface area contributed by atoms with E-state index in [1.165, 1.54) is 18.2 Å². The highest BCUT2D eigenvalue weighted by Crippen LogP contribution is 2.40. The van der Waals surface area contributed by atoms with Crippen LogP contribution in [0.2, 0.25) is 5.02 Å². The van der Waals surface area contributed by atoms with Crippen molar-refractivity contribution in [3.63, 3.8) is 0 Å². The van der Waals surface area contributed by atoms with Crippen molar-refractivity contribution < 1.29 is 46.4 Å². The van der Waals surface area contributed by atoms with Crippen LogP contribution in [0.15, 0.2) is 72.8 Å². The summed E-state index contributed by atoms with van der Waals surface area (Å²) in [4.78, 5) is 14.9. The van der Waals surface area contributed by atoms with Gasteiger partial charge in [0.2, 0.25) is 5.82 Å². The maximum atomic E-state index is 14.3. The molecule has 2 fully saturated rings. The minimum atomic E-state index is -2.36. The van der Waals surface area contributed by atoms with E-state index in [-0.39, 0.29) is 18.4 Å². The Labute approximate surface area is 283 Å². The minimum absolute atomic E-state index is 0.00197. The molecule has 0 spiro atoms. The van der Waals surface area contributed by atoms with Gasteiger partial charge in [-0.1, -0.05) is 60.1 Å². The van der Waals surface area contributed by atoms with Crippen LogP contribution in [0.4, 0.5) is 27.6 Å². The number of carbonyl (C=O) groups excluding carboxylic acids is 1. The number of likely N-dealkylation sites (tertiary alicyclic amines) is 1. The molecule has 1 amide bonds. The summed E-state index contributed by atoms with van der Waals surface area (Å²) in [5.74, 6) is -12.8. The Bertz CT molecular complexity index is 1790. The molecule has 0 saturated carbocycles. The number of nitrogens with one attached hydrogen (secondary N) is 1. The van der Waals surface area contributed by atoms with Crippen molar-refractivity contribution in [1.29, 1.82) is 0 Å². The monoisotopic (exact) mass is 702 g/mol. The van der Waals surface area contributed by atoms with Crippen LogP contribution in [0.1, 0.15) is 64.3 Å². The van der Waals surface area contributed by atoms with Gasteiger partial charge < -0.3 is 29.9 Å². The van der Waals surface area contributed by atoms with Crippen molar-refractivity contribution in [3.05, 3.63) is 135 Å². The molecule has 0 radical (unpaired) electrons. The first-order valence-electron chi connectivity index (χ1n) is 15.6. The van der Waals surface area contributed by atoms with Crippen LogP contribution >= 0.6 is 11.6 Å². The topological polar surface area (TPSA) is 91.3 Å². The fraction of sp³-hybridized carbons (Fsp3) is 0.306. The van der Waals surface area contributed by atoms with Gasteiger partial charge in [0.15, 0.2) is 29.6 Å². The standard InChI is InChI=1S/C36H32ClF5N2O5/c37-24-10-8-23(9-11-24)36(47)12-14-44(15-13-36)18-26-17-27(21-6-4-20(19-45)5-7-21)49-35(48-26)22-2-1-3-25(16-22)43-34(46)28-29(38)31(40)33(42)32(41)30(28)39/h1-11,16,26-27,35,45,47H,12-15,17-19H2,(H,43,46)/t26-,27+,35+/m0/s1. The molecule has 3 atom stereocenters. The Morgan fingerprint density at radius 3 is 2.12 bits per heavy atom. The van der Waals surface area contributed by atoms with Gasteiger partial charge in [-0.3, -0.25) is 4.79 Å². The molecule has 0 unspecified atom stereocenters. The summed E-state index contributed by atoms with van der Waals surface area (Å²) >= 11 is 6.03. The molecule has 2 saturated heterocycles. The molecule has 49 heavy (non-hydrogen) atoms. The van der Waals surface area contributed by atoms with E-state index < -0.39 is 58.6 Å². The highest BCUT2D eigenvalue weighted by atomic mass is 35.5. The Balaban J connectivity index is 1.20. The first kappa shape index (κ1) is 34.9. The largest absolute Gasteiger partial charge is 0.392 e. The SMILES string of the molecule is O=C(Nc1cccc([C@@H]2O[C@H](CN3CCC(O)(c4ccc(Cl)cc4)CC3)C[C@H](c3ccc(CO)cc3)O2)c1)c1c(F)c(F)c(F)c(F)c1F. The molecule has 4 aromatic carbocycles. The predicted molar refractivity (Wildman–Crippen MR) is 170 cm³/mol. The van der Waals surface area contributed by atoms with Crippen molar-refractivity contribution >= 4 is 23.2 Å². The lowest BCUT2D eigenvalue weighted by atomic mass is 9.84. The maximum Gasteiger partial charge on any atom is 0.261 e. The van der Waals surface area contributed by atoms with E-state index in [2.05, 4.69) is 10.2 Å². The molecular weight excluding hydrogens is 671 g/mol. The molecule has 7 nitrogen and oxygen atoms in total. The second kappa shape index (κ2) is 14.5. The van der Waals surface area contributed by atoms with E-state index >= 15 is 0 Å². The molecule has 6 rings (SSSR count). The molecule has 0 aliphatic carbocycles. The van der Waals surface area contributed by atoms with Crippen LogP contribution in [0, 0.1) is 29.1 Å². The fourth-order valence-electron chi connectivity index (χ4n) is 6.24. The molecule has 2 aliphatic heterocycles. The van der Waals surface area contributed by atoms with E-state index in [0.717, 1.165) is 16.7 Å². The normalized spacial score (nSPS) is 21.0. The maximum absolute atomic E-state index is 14.3. The van der Waals surface area contributed by atoms with Gasteiger partial charge in [-0.05, 0) is 53.8 Å². The molecule has 258 valence electrons. The van der Waals surface area contributed by atoms with Crippen molar-refractivity contribution in [1.82, 2.24) is 4.90 Å². The lowest BCUT2D eigenvalue weighted by Crippen LogP contribution is -2.46. The number of aliphatic hydroxyl groups excluding tert-OH is 1. The first-order chi connectivity index (χ1) is 23.5. The van der Waals surface area contributed by atoms with Gasteiger partial charge in [0.25, 0.3) is 5.91 Å². The van der Waals surface area contributed by atoms with Gasteiger partial charge in [-0.2, -0.15) is 0 Å². The number of amides is 1. The summed E-state index contributed by atoms with van der Waals surface area (Å²) in [5, 5.41) is 23.6. The summed E-state index contributed by atoms with van der Waals surface area (Å²) in [5.41, 5.74) is 0.194. The van der Waals surface area contributed by atoms with Gasteiger partial charge >= 0.3 is 0 Å². The van der Waals surface area contributed by atoms with E-state index in [4.69, 9.17) is 21.1 Å². The third kappa shape index (κ3) is 7.49. The second-order valence-electron chi connectivity index (χ2n) is 12.2. The Hall–Kier alpha value is -3.91. The highest BCUT2D eigenvalue weighted by molar-refractivity contribution is 6.30. The summed E-state index contributed by atoms with van der Waals surface area (Å²) < 4.78 is 82.4. The van der Waals surface area contributed by atoms with Gasteiger partial charge in [0, 0.05) is 42.3 Å². The van der Waals surface area contributed by atoms with Crippen LogP contribution < -0.4 is 5.32 Å². The number of anilines is 1. The van der Waals surface area contributed by atoms with Gasteiger partial charge in [-0.25, -0.2) is 22.0 Å². The number of rotatable bonds is 8. The van der Waals surface area contributed by atoms with E-state index in [9.17, 15) is 37.0 Å². The molecule has 4 aromatic rings. The number of nitrogens with zero attached hydrogens (tertiary/aromatic N) is 1. The van der Waals surface area contributed by atoms with Crippen molar-refractivity contribution in [2.24, 2.45) is 0 Å². The third-order valence-electron chi connectivity index (χ3n) is 9.00. The van der Waals surface area contributed by atoms with Crippen LogP contribution in [0.3, 0.4) is 0 Å². The lowest BCUT2D eigenvalue weighted by molar-refractivity contribution is -0.253. The second-order valence-corrected chi connectivity index (χ2v) is 12.7. The zero-order valence-electron chi connectivity index (χ0n) is 25.9. The number of aliphatic hydroxyl groups is 2. The van der Waals surface area contributed by atoms with Gasteiger partial charge in [0.1, 0.15) is 5.56 Å². The zero-order valence-corrected chi connectivity index (χ0v) is 26.7. The number of hydrogen-bond donors (Lipinski definition) is 3. The number of ether oxygens (including phenoxy) is 2. The number of hydrogen-bond acceptors (Lipinski definition) is 6. The van der Waals surface area contributed by atoms with E-state index in [1.54, 1.807) is 30.3 Å². The zero-order chi connectivity index (χ0) is 34.9. The number of benzene rings is 4. The fourth-order valence-corrected chi connectivity index (χ4v) is 6.36. The van der Waals surface area contributed by atoms with Gasteiger partial charge in [0.05, 0.1) is 24.4 Å². The van der Waals surface area contributed by atoms with Crippen molar-refractivity contribution in [2.75, 3.05) is 25.0 Å². The first-order valence-corrected chi connectivity index (χ1v) is 16.0. The number of piperidine rings is 1. The Morgan fingerprint density at radius 2 is 1.49 bits per heavy atom. The highest BCUT2D eigenvalue weighted by Gasteiger charge is 2.38. The molecule has 13 heteroatoms. The smallest absolute Gasteiger partial charge is 0.261 e. The lowest BCUT2D eigenvalue weighted by Gasteiger charge is -2.42. The summed E-state index contributed by atoms with van der Waals surface area (Å²) in [6.07, 6.45) is -0.295. The van der Waals surface area contributed by atoms with Gasteiger partial charge in [-0.15, -0.1) is 0 Å². The number of halogens is 6. The van der Waals surface area contributed by atoms with Crippen LogP contribution in [-0.2, 0) is 21.7 Å². The van der Waals surface area contributed by atoms with Crippen molar-refractivity contribution in [2.45, 2.75) is 50.0 Å². The van der Waals surface area contributed by atoms with Crippen LogP contribution in [0.25, 0.3) is 0 Å². The molecule has 2 aliphatic rings. The molecule has 2 heterocycles. The van der Waals surface area contributed by atoms with Crippen LogP contribution in [0.5, 0.6) is 0 Å². The van der Waals surface area contributed by atoms with E-state index in [1.807, 2.05) is 24.3 Å². The average molecular weight is 703 g/mol. The third-order valence-corrected chi connectivity index (χ3v) is 9.25. The Morgan fingerprint density at radius 1 is 0.857 bits per heavy atom. The van der Waals surface area contributed by atoms with Crippen molar-refractivity contribution in [3.8, 4) is 0 Å². The minimum Gasteiger partial charge on any atom is -0.392 e. The molecule has 3 N–H and O–H groups in total. The summed E-state index contributed by atoms with van der Waals surface area (Å²) in [6.45, 7) is 1.58. The van der Waals surface area contributed by atoms with E-state index in [0.29, 0.717) is 49.5 Å². The molecule has 0 aromatic heterocycles. The summed E-state index contributed by atoms with van der Waals surface area (Å²) in [7, 11) is 0. The average Bonchev–Trinajstić information content (AvgIpc) is 3.11. The quantitative estimate of drug-likeness (QED) is 0.101.